The maximum atomic E-state index is 5.95. The van der Waals surface area contributed by atoms with Gasteiger partial charge in [0, 0.05) is 0 Å². The zero-order chi connectivity index (χ0) is 13.2. The molecule has 0 fully saturated rings. The molecule has 0 unspecified atom stereocenters. The van der Waals surface area contributed by atoms with E-state index in [0.29, 0.717) is 12.7 Å². The lowest BCUT2D eigenvalue weighted by Crippen LogP contribution is -2.13. The molecule has 0 aliphatic heterocycles. The first-order valence-electron chi connectivity index (χ1n) is 7.12. The van der Waals surface area contributed by atoms with Crippen molar-refractivity contribution in [1.82, 2.24) is 0 Å². The van der Waals surface area contributed by atoms with E-state index in [0.717, 1.165) is 12.0 Å². The first-order valence-corrected chi connectivity index (χ1v) is 7.12. The second-order valence-electron chi connectivity index (χ2n) is 4.81. The molecule has 1 heteroatoms. The van der Waals surface area contributed by atoms with Crippen LogP contribution in [-0.4, -0.2) is 12.7 Å². The molecule has 0 aliphatic carbocycles. The summed E-state index contributed by atoms with van der Waals surface area (Å²) in [5.74, 6) is 0. The minimum Gasteiger partial charge on any atom is -0.374 e. The van der Waals surface area contributed by atoms with Crippen LogP contribution in [0.3, 0.4) is 0 Å². The van der Waals surface area contributed by atoms with E-state index in [1.54, 1.807) is 0 Å². The summed E-state index contributed by atoms with van der Waals surface area (Å²) in [6.07, 6.45) is 6.49. The van der Waals surface area contributed by atoms with Crippen molar-refractivity contribution in [3.05, 3.63) is 42.5 Å². The van der Waals surface area contributed by atoms with Crippen LogP contribution in [0.25, 0.3) is 5.57 Å². The third-order valence-electron chi connectivity index (χ3n) is 3.26. The van der Waals surface area contributed by atoms with Gasteiger partial charge in [0.15, 0.2) is 0 Å². The number of rotatable bonds is 9. The van der Waals surface area contributed by atoms with Crippen LogP contribution in [0.2, 0.25) is 0 Å². The van der Waals surface area contributed by atoms with Crippen LogP contribution < -0.4 is 0 Å². The fraction of sp³-hybridized carbons (Fsp3) is 0.529. The van der Waals surface area contributed by atoms with Crippen LogP contribution in [0.4, 0.5) is 0 Å². The Balaban J connectivity index is 2.32. The molecular weight excluding hydrogens is 220 g/mol. The average Bonchev–Trinajstić information content (AvgIpc) is 2.43. The molecule has 1 rings (SSSR count). The maximum absolute atomic E-state index is 5.95. The largest absolute Gasteiger partial charge is 0.374 e. The molecule has 1 aromatic rings. The van der Waals surface area contributed by atoms with Crippen molar-refractivity contribution in [1.29, 1.82) is 0 Å². The number of benzene rings is 1. The molecular formula is C17H26O. The third-order valence-corrected chi connectivity index (χ3v) is 3.26. The van der Waals surface area contributed by atoms with E-state index in [2.05, 4.69) is 32.6 Å². The van der Waals surface area contributed by atoms with Crippen molar-refractivity contribution in [2.24, 2.45) is 0 Å². The van der Waals surface area contributed by atoms with Gasteiger partial charge in [0.1, 0.15) is 0 Å². The van der Waals surface area contributed by atoms with E-state index >= 15 is 0 Å². The van der Waals surface area contributed by atoms with Gasteiger partial charge in [-0.3, -0.25) is 0 Å². The molecule has 1 atom stereocenters. The van der Waals surface area contributed by atoms with Crippen LogP contribution in [0.5, 0.6) is 0 Å². The maximum Gasteiger partial charge on any atom is 0.0720 e. The predicted molar refractivity (Wildman–Crippen MR) is 79.6 cm³/mol. The highest BCUT2D eigenvalue weighted by Crippen LogP contribution is 2.16. The molecule has 0 N–H and O–H groups in total. The van der Waals surface area contributed by atoms with Crippen molar-refractivity contribution >= 4 is 5.57 Å². The smallest absolute Gasteiger partial charge is 0.0720 e. The van der Waals surface area contributed by atoms with Gasteiger partial charge in [-0.15, -0.1) is 0 Å². The fourth-order valence-electron chi connectivity index (χ4n) is 2.00. The van der Waals surface area contributed by atoms with Crippen LogP contribution in [0, 0.1) is 0 Å². The molecule has 0 aromatic heterocycles. The Morgan fingerprint density at radius 2 is 1.89 bits per heavy atom. The van der Waals surface area contributed by atoms with Crippen LogP contribution in [-0.2, 0) is 4.74 Å². The highest BCUT2D eigenvalue weighted by molar-refractivity contribution is 5.63. The van der Waals surface area contributed by atoms with Crippen molar-refractivity contribution in [3.8, 4) is 0 Å². The average molecular weight is 246 g/mol. The zero-order valence-electron chi connectivity index (χ0n) is 11.8. The first-order chi connectivity index (χ1) is 8.77. The topological polar surface area (TPSA) is 9.23 Å². The van der Waals surface area contributed by atoms with Gasteiger partial charge in [0.2, 0.25) is 0 Å². The summed E-state index contributed by atoms with van der Waals surface area (Å²) in [5.41, 5.74) is 2.26. The summed E-state index contributed by atoms with van der Waals surface area (Å²) in [5, 5.41) is 0. The van der Waals surface area contributed by atoms with E-state index in [9.17, 15) is 0 Å². The SMILES string of the molecule is C=C(CO[C@@H](CC)CCCCC)c1ccccc1. The Labute approximate surface area is 112 Å². The van der Waals surface area contributed by atoms with Crippen molar-refractivity contribution in [3.63, 3.8) is 0 Å². The Kier molecular flexibility index (Phi) is 7.43. The zero-order valence-corrected chi connectivity index (χ0v) is 11.8. The number of ether oxygens (including phenoxy) is 1. The number of unbranched alkanes of at least 4 members (excludes halogenated alkanes) is 2. The summed E-state index contributed by atoms with van der Waals surface area (Å²) >= 11 is 0. The minimum atomic E-state index is 0.386. The van der Waals surface area contributed by atoms with Gasteiger partial charge < -0.3 is 4.74 Å². The standard InChI is InChI=1S/C17H26O/c1-4-6-8-13-17(5-2)18-14-15(3)16-11-9-7-10-12-16/h7,9-12,17H,3-6,8,13-14H2,1-2H3/t17-/m0/s1. The molecule has 18 heavy (non-hydrogen) atoms. The third kappa shape index (κ3) is 5.50. The van der Waals surface area contributed by atoms with Gasteiger partial charge in [-0.1, -0.05) is 70.0 Å². The molecule has 0 bridgehead atoms. The predicted octanol–water partition coefficient (Wildman–Crippen LogP) is 5.08. The molecule has 0 amide bonds. The second kappa shape index (κ2) is 8.93. The molecule has 0 saturated heterocycles. The molecule has 1 nitrogen and oxygen atoms in total. The summed E-state index contributed by atoms with van der Waals surface area (Å²) in [4.78, 5) is 0. The van der Waals surface area contributed by atoms with E-state index < -0.39 is 0 Å². The monoisotopic (exact) mass is 246 g/mol. The molecule has 0 spiro atoms. The lowest BCUT2D eigenvalue weighted by Gasteiger charge is -2.17. The van der Waals surface area contributed by atoms with Crippen LogP contribution >= 0.6 is 0 Å². The summed E-state index contributed by atoms with van der Waals surface area (Å²) in [6.45, 7) is 9.18. The van der Waals surface area contributed by atoms with Gasteiger partial charge in [0.05, 0.1) is 12.7 Å². The Hall–Kier alpha value is -1.08. The fourth-order valence-corrected chi connectivity index (χ4v) is 2.00. The Bertz CT molecular complexity index is 329. The first kappa shape index (κ1) is 15.0. The van der Waals surface area contributed by atoms with Gasteiger partial charge >= 0.3 is 0 Å². The molecule has 1 aromatic carbocycles. The van der Waals surface area contributed by atoms with Gasteiger partial charge in [-0.25, -0.2) is 0 Å². The highest BCUT2D eigenvalue weighted by Gasteiger charge is 2.07. The normalized spacial score (nSPS) is 12.3. The Morgan fingerprint density at radius 3 is 2.50 bits per heavy atom. The molecule has 0 heterocycles. The molecule has 0 aliphatic rings. The van der Waals surface area contributed by atoms with E-state index in [1.807, 2.05) is 18.2 Å². The van der Waals surface area contributed by atoms with Gasteiger partial charge in [-0.2, -0.15) is 0 Å². The lowest BCUT2D eigenvalue weighted by molar-refractivity contribution is 0.0668. The van der Waals surface area contributed by atoms with Crippen LogP contribution in [0.15, 0.2) is 36.9 Å². The lowest BCUT2D eigenvalue weighted by atomic mass is 10.1. The van der Waals surface area contributed by atoms with E-state index in [-0.39, 0.29) is 0 Å². The van der Waals surface area contributed by atoms with Crippen molar-refractivity contribution in [2.75, 3.05) is 6.61 Å². The minimum absolute atomic E-state index is 0.386. The van der Waals surface area contributed by atoms with Gasteiger partial charge in [-0.05, 0) is 24.0 Å². The summed E-state index contributed by atoms with van der Waals surface area (Å²) < 4.78 is 5.95. The number of hydrogen-bond donors (Lipinski definition) is 0. The van der Waals surface area contributed by atoms with E-state index in [4.69, 9.17) is 4.74 Å². The quantitative estimate of drug-likeness (QED) is 0.552. The van der Waals surface area contributed by atoms with Crippen LogP contribution in [0.1, 0.15) is 51.5 Å². The van der Waals surface area contributed by atoms with Gasteiger partial charge in [0.25, 0.3) is 0 Å². The summed E-state index contributed by atoms with van der Waals surface area (Å²) in [6, 6.07) is 10.3. The number of hydrogen-bond acceptors (Lipinski definition) is 1. The summed E-state index contributed by atoms with van der Waals surface area (Å²) in [7, 11) is 0. The molecule has 0 radical (unpaired) electrons. The molecule has 100 valence electrons. The highest BCUT2D eigenvalue weighted by atomic mass is 16.5. The molecule has 0 saturated carbocycles. The van der Waals surface area contributed by atoms with E-state index in [1.165, 1.54) is 31.2 Å². The Morgan fingerprint density at radius 1 is 1.17 bits per heavy atom. The van der Waals surface area contributed by atoms with Crippen molar-refractivity contribution in [2.45, 2.75) is 52.1 Å². The second-order valence-corrected chi connectivity index (χ2v) is 4.81. The van der Waals surface area contributed by atoms with Crippen molar-refractivity contribution < 1.29 is 4.74 Å².